The Hall–Kier alpha value is -2.42. The van der Waals surface area contributed by atoms with Gasteiger partial charge in [0.25, 0.3) is 0 Å². The highest BCUT2D eigenvalue weighted by Gasteiger charge is 2.02. The normalized spacial score (nSPS) is 10.6. The largest absolute Gasteiger partial charge is 0.508 e. The fourth-order valence-corrected chi connectivity index (χ4v) is 1.76. The van der Waals surface area contributed by atoms with Crippen LogP contribution in [0.5, 0.6) is 5.75 Å². The molecule has 0 saturated carbocycles. The lowest BCUT2D eigenvalue weighted by Crippen LogP contribution is -1.88. The summed E-state index contributed by atoms with van der Waals surface area (Å²) in [5.41, 5.74) is 2.64. The summed E-state index contributed by atoms with van der Waals surface area (Å²) in [6.45, 7) is 0. The zero-order valence-corrected chi connectivity index (χ0v) is 9.04. The number of aromatic hydroxyl groups is 1. The zero-order chi connectivity index (χ0) is 11.7. The summed E-state index contributed by atoms with van der Waals surface area (Å²) in [6.07, 6.45) is 0. The Bertz CT molecular complexity index is 662. The molecule has 3 heteroatoms. The monoisotopic (exact) mass is 222 g/mol. The summed E-state index contributed by atoms with van der Waals surface area (Å²) in [6, 6.07) is 16.8. The quantitative estimate of drug-likeness (QED) is 0.688. The number of hydrogen-bond donors (Lipinski definition) is 1. The van der Waals surface area contributed by atoms with Crippen molar-refractivity contribution in [1.82, 2.24) is 10.2 Å². The van der Waals surface area contributed by atoms with Crippen LogP contribution >= 0.6 is 0 Å². The lowest BCUT2D eigenvalue weighted by atomic mass is 10.1. The van der Waals surface area contributed by atoms with Gasteiger partial charge in [0.2, 0.25) is 0 Å². The standard InChI is InChI=1S/C14H10N2O/c17-12-7-5-10(6-8-12)14-9-11-3-1-2-4-13(11)15-16-14/h1-9,17H. The molecule has 0 saturated heterocycles. The topological polar surface area (TPSA) is 46.0 Å². The Kier molecular flexibility index (Phi) is 2.22. The molecule has 3 nitrogen and oxygen atoms in total. The average Bonchev–Trinajstić information content (AvgIpc) is 2.39. The van der Waals surface area contributed by atoms with Crippen LogP contribution in [-0.2, 0) is 0 Å². The Labute approximate surface area is 98.4 Å². The summed E-state index contributed by atoms with van der Waals surface area (Å²) in [4.78, 5) is 0. The van der Waals surface area contributed by atoms with Crippen molar-refractivity contribution >= 4 is 10.9 Å². The van der Waals surface area contributed by atoms with Crippen LogP contribution < -0.4 is 0 Å². The van der Waals surface area contributed by atoms with Gasteiger partial charge in [-0.25, -0.2) is 0 Å². The van der Waals surface area contributed by atoms with Crippen molar-refractivity contribution < 1.29 is 5.11 Å². The minimum Gasteiger partial charge on any atom is -0.508 e. The molecule has 0 aliphatic carbocycles. The van der Waals surface area contributed by atoms with E-state index < -0.39 is 0 Å². The first-order chi connectivity index (χ1) is 8.33. The van der Waals surface area contributed by atoms with Crippen molar-refractivity contribution in [2.75, 3.05) is 0 Å². The van der Waals surface area contributed by atoms with Crippen LogP contribution in [0.2, 0.25) is 0 Å². The van der Waals surface area contributed by atoms with E-state index in [2.05, 4.69) is 10.2 Å². The molecule has 0 amide bonds. The lowest BCUT2D eigenvalue weighted by molar-refractivity contribution is 0.475. The number of hydrogen-bond acceptors (Lipinski definition) is 3. The lowest BCUT2D eigenvalue weighted by Gasteiger charge is -2.02. The molecule has 0 aliphatic rings. The van der Waals surface area contributed by atoms with E-state index in [4.69, 9.17) is 0 Å². The average molecular weight is 222 g/mol. The smallest absolute Gasteiger partial charge is 0.115 e. The molecule has 0 atom stereocenters. The minimum absolute atomic E-state index is 0.252. The van der Waals surface area contributed by atoms with Crippen LogP contribution in [0.15, 0.2) is 54.6 Å². The van der Waals surface area contributed by atoms with Gasteiger partial charge < -0.3 is 5.11 Å². The first-order valence-corrected chi connectivity index (χ1v) is 5.35. The SMILES string of the molecule is Oc1ccc(-c2cc3ccccc3nn2)cc1. The molecular weight excluding hydrogens is 212 g/mol. The fourth-order valence-electron chi connectivity index (χ4n) is 1.76. The maximum absolute atomic E-state index is 9.24. The second kappa shape index (κ2) is 3.87. The minimum atomic E-state index is 0.252. The summed E-state index contributed by atoms with van der Waals surface area (Å²) < 4.78 is 0. The maximum Gasteiger partial charge on any atom is 0.115 e. The van der Waals surface area contributed by atoms with Crippen LogP contribution in [0.3, 0.4) is 0 Å². The molecule has 0 unspecified atom stereocenters. The number of nitrogens with zero attached hydrogens (tertiary/aromatic N) is 2. The van der Waals surface area contributed by atoms with Crippen molar-refractivity contribution in [3.63, 3.8) is 0 Å². The third-order valence-corrected chi connectivity index (χ3v) is 2.66. The van der Waals surface area contributed by atoms with Crippen LogP contribution in [-0.4, -0.2) is 15.3 Å². The predicted molar refractivity (Wildman–Crippen MR) is 66.6 cm³/mol. The molecule has 0 bridgehead atoms. The van der Waals surface area contributed by atoms with Gasteiger partial charge in [0.15, 0.2) is 0 Å². The third kappa shape index (κ3) is 1.83. The van der Waals surface area contributed by atoms with Gasteiger partial charge in [-0.1, -0.05) is 18.2 Å². The maximum atomic E-state index is 9.24. The summed E-state index contributed by atoms with van der Waals surface area (Å²) in [5.74, 6) is 0.252. The number of rotatable bonds is 1. The van der Waals surface area contributed by atoms with E-state index in [1.165, 1.54) is 0 Å². The Morgan fingerprint density at radius 3 is 2.41 bits per heavy atom. The highest BCUT2D eigenvalue weighted by Crippen LogP contribution is 2.22. The van der Waals surface area contributed by atoms with E-state index in [9.17, 15) is 5.11 Å². The molecular formula is C14H10N2O. The Morgan fingerprint density at radius 2 is 1.59 bits per heavy atom. The molecule has 1 aromatic heterocycles. The first kappa shape index (κ1) is 9.78. The Balaban J connectivity index is 2.14. The molecule has 3 aromatic rings. The van der Waals surface area contributed by atoms with E-state index in [1.807, 2.05) is 42.5 Å². The number of phenols is 1. The number of aromatic nitrogens is 2. The fraction of sp³-hybridized carbons (Fsp3) is 0. The van der Waals surface area contributed by atoms with Gasteiger partial charge >= 0.3 is 0 Å². The van der Waals surface area contributed by atoms with Gasteiger partial charge in [-0.15, -0.1) is 10.2 Å². The van der Waals surface area contributed by atoms with Gasteiger partial charge in [0.1, 0.15) is 5.75 Å². The number of benzene rings is 2. The van der Waals surface area contributed by atoms with E-state index >= 15 is 0 Å². The van der Waals surface area contributed by atoms with Gasteiger partial charge in [-0.2, -0.15) is 0 Å². The summed E-state index contributed by atoms with van der Waals surface area (Å²) in [5, 5.41) is 18.6. The highest BCUT2D eigenvalue weighted by molar-refractivity contribution is 5.81. The van der Waals surface area contributed by atoms with Gasteiger partial charge in [-0.3, -0.25) is 0 Å². The van der Waals surface area contributed by atoms with Crippen LogP contribution in [0.4, 0.5) is 0 Å². The zero-order valence-electron chi connectivity index (χ0n) is 9.04. The van der Waals surface area contributed by atoms with E-state index in [0.29, 0.717) is 0 Å². The second-order valence-corrected chi connectivity index (χ2v) is 3.84. The molecule has 1 N–H and O–H groups in total. The molecule has 0 fully saturated rings. The molecule has 1 heterocycles. The molecule has 17 heavy (non-hydrogen) atoms. The third-order valence-electron chi connectivity index (χ3n) is 2.66. The number of fused-ring (bicyclic) bond motifs is 1. The van der Waals surface area contributed by atoms with Gasteiger partial charge in [0, 0.05) is 10.9 Å². The summed E-state index contributed by atoms with van der Waals surface area (Å²) >= 11 is 0. The van der Waals surface area contributed by atoms with Crippen molar-refractivity contribution in [3.05, 3.63) is 54.6 Å². The highest BCUT2D eigenvalue weighted by atomic mass is 16.3. The molecule has 82 valence electrons. The first-order valence-electron chi connectivity index (χ1n) is 5.35. The van der Waals surface area contributed by atoms with Crippen LogP contribution in [0.1, 0.15) is 0 Å². The van der Waals surface area contributed by atoms with Crippen molar-refractivity contribution in [2.24, 2.45) is 0 Å². The van der Waals surface area contributed by atoms with E-state index in [-0.39, 0.29) is 5.75 Å². The van der Waals surface area contributed by atoms with Crippen LogP contribution in [0, 0.1) is 0 Å². The number of phenolic OH excluding ortho intramolecular Hbond substituents is 1. The molecule has 0 spiro atoms. The molecule has 3 rings (SSSR count). The molecule has 0 radical (unpaired) electrons. The van der Waals surface area contributed by atoms with Gasteiger partial charge in [0.05, 0.1) is 11.2 Å². The van der Waals surface area contributed by atoms with E-state index in [0.717, 1.165) is 22.2 Å². The predicted octanol–water partition coefficient (Wildman–Crippen LogP) is 3.00. The second-order valence-electron chi connectivity index (χ2n) is 3.84. The molecule has 0 aliphatic heterocycles. The molecule has 2 aromatic carbocycles. The summed E-state index contributed by atoms with van der Waals surface area (Å²) in [7, 11) is 0. The van der Waals surface area contributed by atoms with Crippen LogP contribution in [0.25, 0.3) is 22.2 Å². The van der Waals surface area contributed by atoms with Crippen molar-refractivity contribution in [1.29, 1.82) is 0 Å². The van der Waals surface area contributed by atoms with Crippen molar-refractivity contribution in [2.45, 2.75) is 0 Å². The Morgan fingerprint density at radius 1 is 0.824 bits per heavy atom. The van der Waals surface area contributed by atoms with Gasteiger partial charge in [-0.05, 0) is 36.4 Å². The van der Waals surface area contributed by atoms with Crippen molar-refractivity contribution in [3.8, 4) is 17.0 Å². The van der Waals surface area contributed by atoms with E-state index in [1.54, 1.807) is 12.1 Å².